The van der Waals surface area contributed by atoms with E-state index >= 15 is 0 Å². The van der Waals surface area contributed by atoms with Gasteiger partial charge < -0.3 is 15.4 Å². The van der Waals surface area contributed by atoms with Crippen LogP contribution >= 0.6 is 11.6 Å². The standard InChI is InChI=1S/C20H23ClN2O3/c1-2-22-20(25)16-6-3-5-15(13-16)14-23-19(24)7-4-12-26-18-10-8-17(21)9-11-18/h3,5-6,8-11,13H,2,4,7,12,14H2,1H3,(H,22,25)(H,23,24). The molecule has 138 valence electrons. The maximum atomic E-state index is 11.9. The minimum Gasteiger partial charge on any atom is -0.494 e. The monoisotopic (exact) mass is 374 g/mol. The molecular weight excluding hydrogens is 352 g/mol. The molecule has 2 aromatic carbocycles. The number of halogens is 1. The Bertz CT molecular complexity index is 732. The zero-order chi connectivity index (χ0) is 18.8. The van der Waals surface area contributed by atoms with E-state index in [1.807, 2.05) is 19.1 Å². The molecule has 5 nitrogen and oxygen atoms in total. The Morgan fingerprint density at radius 3 is 2.58 bits per heavy atom. The molecule has 0 aliphatic heterocycles. The number of ether oxygens (including phenoxy) is 1. The molecule has 2 rings (SSSR count). The van der Waals surface area contributed by atoms with Crippen molar-refractivity contribution in [1.29, 1.82) is 0 Å². The fourth-order valence-electron chi connectivity index (χ4n) is 2.33. The van der Waals surface area contributed by atoms with Crippen LogP contribution in [-0.4, -0.2) is 25.0 Å². The predicted octanol–water partition coefficient (Wildman–Crippen LogP) is 3.57. The van der Waals surface area contributed by atoms with Crippen molar-refractivity contribution in [3.63, 3.8) is 0 Å². The summed E-state index contributed by atoms with van der Waals surface area (Å²) in [7, 11) is 0. The number of carbonyl (C=O) groups is 2. The highest BCUT2D eigenvalue weighted by molar-refractivity contribution is 6.30. The van der Waals surface area contributed by atoms with Gasteiger partial charge in [0.15, 0.2) is 0 Å². The topological polar surface area (TPSA) is 67.4 Å². The number of benzene rings is 2. The molecule has 0 aliphatic rings. The van der Waals surface area contributed by atoms with Gasteiger partial charge in [-0.3, -0.25) is 9.59 Å². The zero-order valence-electron chi connectivity index (χ0n) is 14.8. The second-order valence-electron chi connectivity index (χ2n) is 5.74. The van der Waals surface area contributed by atoms with E-state index in [0.29, 0.717) is 43.1 Å². The van der Waals surface area contributed by atoms with Crippen LogP contribution in [0.3, 0.4) is 0 Å². The molecule has 26 heavy (non-hydrogen) atoms. The summed E-state index contributed by atoms with van der Waals surface area (Å²) in [4.78, 5) is 23.8. The number of carbonyl (C=O) groups excluding carboxylic acids is 2. The first-order valence-corrected chi connectivity index (χ1v) is 8.98. The van der Waals surface area contributed by atoms with Crippen LogP contribution in [0, 0.1) is 0 Å². The summed E-state index contributed by atoms with van der Waals surface area (Å²) in [6.07, 6.45) is 0.997. The second kappa shape index (κ2) is 10.5. The molecule has 0 aromatic heterocycles. The van der Waals surface area contributed by atoms with Gasteiger partial charge in [0.1, 0.15) is 5.75 Å². The molecule has 0 saturated carbocycles. The van der Waals surface area contributed by atoms with Crippen LogP contribution in [0.5, 0.6) is 5.75 Å². The highest BCUT2D eigenvalue weighted by Gasteiger charge is 2.06. The van der Waals surface area contributed by atoms with E-state index in [0.717, 1.165) is 11.3 Å². The van der Waals surface area contributed by atoms with E-state index in [4.69, 9.17) is 16.3 Å². The lowest BCUT2D eigenvalue weighted by atomic mass is 10.1. The van der Waals surface area contributed by atoms with Gasteiger partial charge in [-0.2, -0.15) is 0 Å². The van der Waals surface area contributed by atoms with Gasteiger partial charge in [0.2, 0.25) is 5.91 Å². The minimum atomic E-state index is -0.111. The Kier molecular flexibility index (Phi) is 7.96. The van der Waals surface area contributed by atoms with Gasteiger partial charge in [-0.25, -0.2) is 0 Å². The summed E-state index contributed by atoms with van der Waals surface area (Å²) in [6.45, 7) is 3.31. The van der Waals surface area contributed by atoms with Gasteiger partial charge in [-0.05, 0) is 55.3 Å². The van der Waals surface area contributed by atoms with Crippen LogP contribution in [0.2, 0.25) is 5.02 Å². The van der Waals surface area contributed by atoms with Crippen molar-refractivity contribution in [1.82, 2.24) is 10.6 Å². The Balaban J connectivity index is 1.69. The largest absolute Gasteiger partial charge is 0.494 e. The normalized spacial score (nSPS) is 10.2. The molecule has 2 aromatic rings. The molecule has 0 saturated heterocycles. The predicted molar refractivity (Wildman–Crippen MR) is 102 cm³/mol. The third-order valence-corrected chi connectivity index (χ3v) is 3.90. The lowest BCUT2D eigenvalue weighted by molar-refractivity contribution is -0.121. The van der Waals surface area contributed by atoms with Gasteiger partial charge in [0, 0.05) is 30.1 Å². The lowest BCUT2D eigenvalue weighted by Gasteiger charge is -2.08. The second-order valence-corrected chi connectivity index (χ2v) is 6.18. The van der Waals surface area contributed by atoms with E-state index < -0.39 is 0 Å². The first-order valence-electron chi connectivity index (χ1n) is 8.60. The van der Waals surface area contributed by atoms with Crippen LogP contribution in [-0.2, 0) is 11.3 Å². The molecule has 0 spiro atoms. The van der Waals surface area contributed by atoms with Crippen LogP contribution in [0.25, 0.3) is 0 Å². The van der Waals surface area contributed by atoms with Crippen molar-refractivity contribution in [3.8, 4) is 5.75 Å². The third kappa shape index (κ3) is 6.76. The summed E-state index contributed by atoms with van der Waals surface area (Å²) in [5.41, 5.74) is 1.48. The Morgan fingerprint density at radius 2 is 1.85 bits per heavy atom. The first kappa shape index (κ1) is 19.8. The smallest absolute Gasteiger partial charge is 0.251 e. The van der Waals surface area contributed by atoms with E-state index in [1.54, 1.807) is 36.4 Å². The molecular formula is C20H23ClN2O3. The molecule has 0 aliphatic carbocycles. The van der Waals surface area contributed by atoms with Crippen molar-refractivity contribution in [2.75, 3.05) is 13.2 Å². The molecule has 0 atom stereocenters. The number of rotatable bonds is 9. The SMILES string of the molecule is CCNC(=O)c1cccc(CNC(=O)CCCOc2ccc(Cl)cc2)c1. The summed E-state index contributed by atoms with van der Waals surface area (Å²) < 4.78 is 5.56. The van der Waals surface area contributed by atoms with Gasteiger partial charge in [-0.15, -0.1) is 0 Å². The lowest BCUT2D eigenvalue weighted by Crippen LogP contribution is -2.24. The van der Waals surface area contributed by atoms with Crippen LogP contribution in [0.4, 0.5) is 0 Å². The molecule has 2 N–H and O–H groups in total. The summed E-state index contributed by atoms with van der Waals surface area (Å²) in [5.74, 6) is 0.574. The summed E-state index contributed by atoms with van der Waals surface area (Å²) in [6, 6.07) is 14.4. The maximum Gasteiger partial charge on any atom is 0.251 e. The fourth-order valence-corrected chi connectivity index (χ4v) is 2.45. The fraction of sp³-hybridized carbons (Fsp3) is 0.300. The molecule has 0 unspecified atom stereocenters. The van der Waals surface area contributed by atoms with Gasteiger partial charge in [-0.1, -0.05) is 23.7 Å². The highest BCUT2D eigenvalue weighted by Crippen LogP contribution is 2.15. The molecule has 0 radical (unpaired) electrons. The van der Waals surface area contributed by atoms with Crippen LogP contribution < -0.4 is 15.4 Å². The number of nitrogens with one attached hydrogen (secondary N) is 2. The Hall–Kier alpha value is -2.53. The summed E-state index contributed by atoms with van der Waals surface area (Å²) >= 11 is 5.81. The summed E-state index contributed by atoms with van der Waals surface area (Å²) in [5, 5.41) is 6.28. The average Bonchev–Trinajstić information content (AvgIpc) is 2.65. The zero-order valence-corrected chi connectivity index (χ0v) is 15.5. The highest BCUT2D eigenvalue weighted by atomic mass is 35.5. The van der Waals surface area contributed by atoms with Crippen LogP contribution in [0.15, 0.2) is 48.5 Å². The molecule has 0 bridgehead atoms. The van der Waals surface area contributed by atoms with Gasteiger partial charge >= 0.3 is 0 Å². The maximum absolute atomic E-state index is 11.9. The Morgan fingerprint density at radius 1 is 1.08 bits per heavy atom. The first-order chi connectivity index (χ1) is 12.6. The molecule has 0 fully saturated rings. The van der Waals surface area contributed by atoms with Crippen LogP contribution in [0.1, 0.15) is 35.7 Å². The van der Waals surface area contributed by atoms with E-state index in [-0.39, 0.29) is 11.8 Å². The number of hydrogen-bond acceptors (Lipinski definition) is 3. The van der Waals surface area contributed by atoms with Crippen molar-refractivity contribution in [2.45, 2.75) is 26.3 Å². The van der Waals surface area contributed by atoms with Crippen molar-refractivity contribution < 1.29 is 14.3 Å². The van der Waals surface area contributed by atoms with Gasteiger partial charge in [0.25, 0.3) is 5.91 Å². The van der Waals surface area contributed by atoms with Crippen molar-refractivity contribution in [3.05, 3.63) is 64.7 Å². The van der Waals surface area contributed by atoms with Crippen molar-refractivity contribution in [2.24, 2.45) is 0 Å². The van der Waals surface area contributed by atoms with Crippen molar-refractivity contribution >= 4 is 23.4 Å². The molecule has 0 heterocycles. The Labute approximate surface area is 158 Å². The number of hydrogen-bond donors (Lipinski definition) is 2. The molecule has 6 heteroatoms. The third-order valence-electron chi connectivity index (χ3n) is 3.65. The quantitative estimate of drug-likeness (QED) is 0.659. The van der Waals surface area contributed by atoms with E-state index in [1.165, 1.54) is 0 Å². The molecule has 2 amide bonds. The van der Waals surface area contributed by atoms with Gasteiger partial charge in [0.05, 0.1) is 6.61 Å². The average molecular weight is 375 g/mol. The number of amides is 2. The van der Waals surface area contributed by atoms with E-state index in [9.17, 15) is 9.59 Å². The minimum absolute atomic E-state index is 0.0480. The van der Waals surface area contributed by atoms with E-state index in [2.05, 4.69) is 10.6 Å².